The van der Waals surface area contributed by atoms with Crippen LogP contribution in [0.15, 0.2) is 0 Å². The predicted octanol–water partition coefficient (Wildman–Crippen LogP) is 3.20. The first-order valence-corrected chi connectivity index (χ1v) is 6.12. The van der Waals surface area contributed by atoms with E-state index in [2.05, 4.69) is 11.8 Å². The standard InChI is InChI=1S/C12H23N/c1-2-3-7-12-8-4-5-10-13(12)11-6-9-12/h2-11H2,1H3/t12-/m1/s1. The van der Waals surface area contributed by atoms with E-state index in [1.54, 1.807) is 0 Å². The van der Waals surface area contributed by atoms with Gasteiger partial charge in [0.2, 0.25) is 0 Å². The fourth-order valence-electron chi connectivity index (χ4n) is 3.30. The fraction of sp³-hybridized carbons (Fsp3) is 1.00. The molecule has 0 spiro atoms. The average molecular weight is 181 g/mol. The smallest absolute Gasteiger partial charge is 0.0210 e. The molecule has 2 saturated heterocycles. The van der Waals surface area contributed by atoms with Gasteiger partial charge in [0.05, 0.1) is 0 Å². The largest absolute Gasteiger partial charge is 0.298 e. The predicted molar refractivity (Wildman–Crippen MR) is 56.9 cm³/mol. The minimum atomic E-state index is 0.675. The van der Waals surface area contributed by atoms with Gasteiger partial charge in [0, 0.05) is 5.54 Å². The Balaban J connectivity index is 1.98. The molecule has 0 unspecified atom stereocenters. The summed E-state index contributed by atoms with van der Waals surface area (Å²) in [6.45, 7) is 5.10. The SMILES string of the molecule is CCCC[C@]12CCCCN1CCC2. The van der Waals surface area contributed by atoms with Crippen molar-refractivity contribution >= 4 is 0 Å². The Labute approximate surface area is 82.5 Å². The molecule has 2 aliphatic rings. The second-order valence-corrected chi connectivity index (χ2v) is 4.88. The van der Waals surface area contributed by atoms with E-state index in [-0.39, 0.29) is 0 Å². The van der Waals surface area contributed by atoms with Crippen LogP contribution < -0.4 is 0 Å². The van der Waals surface area contributed by atoms with Gasteiger partial charge < -0.3 is 0 Å². The van der Waals surface area contributed by atoms with E-state index < -0.39 is 0 Å². The van der Waals surface area contributed by atoms with Gasteiger partial charge in [-0.05, 0) is 45.2 Å². The highest BCUT2D eigenvalue weighted by Gasteiger charge is 2.41. The van der Waals surface area contributed by atoms with Crippen molar-refractivity contribution in [3.05, 3.63) is 0 Å². The Bertz CT molecular complexity index is 167. The number of piperidine rings is 1. The molecule has 0 N–H and O–H groups in total. The number of rotatable bonds is 3. The maximum Gasteiger partial charge on any atom is 0.0210 e. The number of hydrogen-bond donors (Lipinski definition) is 0. The van der Waals surface area contributed by atoms with Crippen LogP contribution in [-0.4, -0.2) is 23.5 Å². The molecule has 2 fully saturated rings. The van der Waals surface area contributed by atoms with Gasteiger partial charge in [-0.3, -0.25) is 4.90 Å². The van der Waals surface area contributed by atoms with E-state index in [0.717, 1.165) is 0 Å². The minimum Gasteiger partial charge on any atom is -0.298 e. The molecule has 2 aliphatic heterocycles. The van der Waals surface area contributed by atoms with Crippen LogP contribution in [0, 0.1) is 0 Å². The molecule has 0 bridgehead atoms. The first kappa shape index (κ1) is 9.51. The topological polar surface area (TPSA) is 3.24 Å². The van der Waals surface area contributed by atoms with Crippen molar-refractivity contribution in [2.24, 2.45) is 0 Å². The van der Waals surface area contributed by atoms with Gasteiger partial charge in [-0.25, -0.2) is 0 Å². The van der Waals surface area contributed by atoms with E-state index in [1.807, 2.05) is 0 Å². The van der Waals surface area contributed by atoms with Gasteiger partial charge >= 0.3 is 0 Å². The molecule has 2 heterocycles. The highest BCUT2D eigenvalue weighted by atomic mass is 15.2. The van der Waals surface area contributed by atoms with Gasteiger partial charge in [0.15, 0.2) is 0 Å². The molecule has 0 aromatic rings. The summed E-state index contributed by atoms with van der Waals surface area (Å²) in [6, 6.07) is 0. The summed E-state index contributed by atoms with van der Waals surface area (Å²) in [4.78, 5) is 2.80. The Kier molecular flexibility index (Phi) is 2.92. The van der Waals surface area contributed by atoms with Crippen molar-refractivity contribution in [3.8, 4) is 0 Å². The molecule has 0 saturated carbocycles. The monoisotopic (exact) mass is 181 g/mol. The van der Waals surface area contributed by atoms with Gasteiger partial charge in [0.25, 0.3) is 0 Å². The maximum absolute atomic E-state index is 2.80. The molecule has 1 heteroatoms. The van der Waals surface area contributed by atoms with Crippen molar-refractivity contribution in [2.75, 3.05) is 13.1 Å². The molecule has 0 aromatic heterocycles. The Morgan fingerprint density at radius 3 is 2.69 bits per heavy atom. The van der Waals surface area contributed by atoms with E-state index in [9.17, 15) is 0 Å². The Morgan fingerprint density at radius 2 is 1.85 bits per heavy atom. The van der Waals surface area contributed by atoms with Gasteiger partial charge in [0.1, 0.15) is 0 Å². The normalized spacial score (nSPS) is 34.8. The van der Waals surface area contributed by atoms with Gasteiger partial charge in [-0.1, -0.05) is 26.2 Å². The first-order chi connectivity index (χ1) is 6.37. The zero-order chi connectivity index (χ0) is 9.15. The fourth-order valence-corrected chi connectivity index (χ4v) is 3.30. The lowest BCUT2D eigenvalue weighted by Crippen LogP contribution is -2.47. The van der Waals surface area contributed by atoms with Crippen molar-refractivity contribution in [3.63, 3.8) is 0 Å². The van der Waals surface area contributed by atoms with Crippen LogP contribution in [0.5, 0.6) is 0 Å². The van der Waals surface area contributed by atoms with Crippen LogP contribution in [0.3, 0.4) is 0 Å². The molecule has 1 nitrogen and oxygen atoms in total. The first-order valence-electron chi connectivity index (χ1n) is 6.12. The lowest BCUT2D eigenvalue weighted by Gasteiger charge is -2.42. The summed E-state index contributed by atoms with van der Waals surface area (Å²) in [5, 5.41) is 0. The Morgan fingerprint density at radius 1 is 1.08 bits per heavy atom. The number of nitrogens with zero attached hydrogens (tertiary/aromatic N) is 1. The maximum atomic E-state index is 2.80. The van der Waals surface area contributed by atoms with Crippen LogP contribution in [-0.2, 0) is 0 Å². The molecular formula is C12H23N. The number of hydrogen-bond acceptors (Lipinski definition) is 1. The molecular weight excluding hydrogens is 158 g/mol. The third-order valence-electron chi connectivity index (χ3n) is 4.06. The summed E-state index contributed by atoms with van der Waals surface area (Å²) < 4.78 is 0. The van der Waals surface area contributed by atoms with Crippen molar-refractivity contribution < 1.29 is 0 Å². The highest BCUT2D eigenvalue weighted by molar-refractivity contribution is 4.97. The molecule has 2 rings (SSSR count). The second-order valence-electron chi connectivity index (χ2n) is 4.88. The summed E-state index contributed by atoms with van der Waals surface area (Å²) >= 11 is 0. The quantitative estimate of drug-likeness (QED) is 0.646. The molecule has 13 heavy (non-hydrogen) atoms. The summed E-state index contributed by atoms with van der Waals surface area (Å²) in [7, 11) is 0. The van der Waals surface area contributed by atoms with E-state index in [0.29, 0.717) is 5.54 Å². The van der Waals surface area contributed by atoms with E-state index in [1.165, 1.54) is 64.5 Å². The zero-order valence-electron chi connectivity index (χ0n) is 9.02. The second kappa shape index (κ2) is 4.00. The van der Waals surface area contributed by atoms with Crippen molar-refractivity contribution in [1.29, 1.82) is 0 Å². The third kappa shape index (κ3) is 1.76. The summed E-state index contributed by atoms with van der Waals surface area (Å²) in [5.74, 6) is 0. The number of fused-ring (bicyclic) bond motifs is 1. The molecule has 1 atom stereocenters. The zero-order valence-corrected chi connectivity index (χ0v) is 9.02. The molecule has 76 valence electrons. The lowest BCUT2D eigenvalue weighted by atomic mass is 9.82. The van der Waals surface area contributed by atoms with Crippen LogP contribution in [0.1, 0.15) is 58.3 Å². The van der Waals surface area contributed by atoms with Crippen LogP contribution >= 0.6 is 0 Å². The molecule has 0 aromatic carbocycles. The van der Waals surface area contributed by atoms with Crippen molar-refractivity contribution in [1.82, 2.24) is 4.90 Å². The molecule has 0 aliphatic carbocycles. The average Bonchev–Trinajstić information content (AvgIpc) is 2.58. The van der Waals surface area contributed by atoms with Crippen LogP contribution in [0.4, 0.5) is 0 Å². The third-order valence-corrected chi connectivity index (χ3v) is 4.06. The summed E-state index contributed by atoms with van der Waals surface area (Å²) in [5.41, 5.74) is 0.675. The lowest BCUT2D eigenvalue weighted by molar-refractivity contribution is 0.0793. The van der Waals surface area contributed by atoms with E-state index >= 15 is 0 Å². The van der Waals surface area contributed by atoms with Crippen LogP contribution in [0.2, 0.25) is 0 Å². The molecule has 0 amide bonds. The number of unbranched alkanes of at least 4 members (excludes halogenated alkanes) is 1. The van der Waals surface area contributed by atoms with Gasteiger partial charge in [-0.2, -0.15) is 0 Å². The summed E-state index contributed by atoms with van der Waals surface area (Å²) in [6.07, 6.45) is 11.7. The van der Waals surface area contributed by atoms with E-state index in [4.69, 9.17) is 0 Å². The van der Waals surface area contributed by atoms with Crippen molar-refractivity contribution in [2.45, 2.75) is 63.8 Å². The molecule has 0 radical (unpaired) electrons. The van der Waals surface area contributed by atoms with Gasteiger partial charge in [-0.15, -0.1) is 0 Å². The highest BCUT2D eigenvalue weighted by Crippen LogP contribution is 2.40. The van der Waals surface area contributed by atoms with Crippen LogP contribution in [0.25, 0.3) is 0 Å². The Hall–Kier alpha value is -0.0400. The minimum absolute atomic E-state index is 0.675.